The van der Waals surface area contributed by atoms with E-state index >= 15 is 0 Å². The zero-order chi connectivity index (χ0) is 20.3. The Balaban J connectivity index is 1.54. The molecule has 0 radical (unpaired) electrons. The van der Waals surface area contributed by atoms with Crippen molar-refractivity contribution in [3.63, 3.8) is 0 Å². The van der Waals surface area contributed by atoms with Crippen LogP contribution in [0.25, 0.3) is 0 Å². The fraction of sp³-hybridized carbons (Fsp3) is 0.636. The topological polar surface area (TPSA) is 43.4 Å². The third kappa shape index (κ3) is 8.02. The van der Waals surface area contributed by atoms with Crippen molar-refractivity contribution < 1.29 is 17.1 Å². The van der Waals surface area contributed by atoms with Crippen LogP contribution in [0.1, 0.15) is 56.9 Å². The summed E-state index contributed by atoms with van der Waals surface area (Å²) in [5.41, 5.74) is 1.04. The van der Waals surface area contributed by atoms with Gasteiger partial charge in [0.2, 0.25) is 0 Å². The lowest BCUT2D eigenvalue weighted by Crippen LogP contribution is -2.46. The smallest absolute Gasteiger partial charge is 0.296 e. The van der Waals surface area contributed by atoms with E-state index in [-0.39, 0.29) is 11.5 Å². The quantitative estimate of drug-likeness (QED) is 0.128. The van der Waals surface area contributed by atoms with Crippen LogP contribution < -0.4 is 0 Å². The summed E-state index contributed by atoms with van der Waals surface area (Å²) in [5.74, 6) is 3.28. The first-order valence-electron chi connectivity index (χ1n) is 10.4. The molecule has 0 aromatic heterocycles. The Kier molecular flexibility index (Phi) is 10.3. The van der Waals surface area contributed by atoms with Crippen molar-refractivity contribution in [2.45, 2.75) is 63.2 Å². The van der Waals surface area contributed by atoms with Gasteiger partial charge in [-0.2, -0.15) is 8.42 Å². The molecule has 0 unspecified atom stereocenters. The summed E-state index contributed by atoms with van der Waals surface area (Å²) in [6, 6.07) is 6.79. The molecule has 1 aromatic rings. The van der Waals surface area contributed by atoms with Crippen LogP contribution in [0.3, 0.4) is 0 Å². The summed E-state index contributed by atoms with van der Waals surface area (Å²) in [6.45, 7) is 7.04. The van der Waals surface area contributed by atoms with Gasteiger partial charge in [-0.15, -0.1) is 0 Å². The fourth-order valence-corrected chi connectivity index (χ4v) is 4.98. The molecule has 0 atom stereocenters. The van der Waals surface area contributed by atoms with Gasteiger partial charge in [0.15, 0.2) is 0 Å². The highest BCUT2D eigenvalue weighted by Crippen LogP contribution is 2.21. The molecule has 156 valence electrons. The predicted molar refractivity (Wildman–Crippen MR) is 123 cm³/mol. The number of halogens is 1. The molecular weight excluding hydrogens is 485 g/mol. The number of hydrogen-bond donors (Lipinski definition) is 0. The minimum atomic E-state index is -3.62. The molecule has 1 aromatic carbocycles. The zero-order valence-corrected chi connectivity index (χ0v) is 19.9. The SMILES string of the molecule is Cc1ccc(S(=O)(=O)OCCCCCCCC[N+]2(CC#CI)CCCC2)cc1. The summed E-state index contributed by atoms with van der Waals surface area (Å²) in [7, 11) is -3.62. The van der Waals surface area contributed by atoms with E-state index in [0.717, 1.165) is 31.4 Å². The van der Waals surface area contributed by atoms with E-state index in [1.54, 1.807) is 24.3 Å². The van der Waals surface area contributed by atoms with Crippen molar-refractivity contribution in [3.8, 4) is 9.85 Å². The minimum Gasteiger partial charge on any atom is -0.313 e. The lowest BCUT2D eigenvalue weighted by Gasteiger charge is -2.32. The highest BCUT2D eigenvalue weighted by atomic mass is 127. The average Bonchev–Trinajstić information content (AvgIpc) is 3.14. The summed E-state index contributed by atoms with van der Waals surface area (Å²) in [4.78, 5) is 0.240. The molecule has 1 heterocycles. The molecule has 6 heteroatoms. The van der Waals surface area contributed by atoms with E-state index < -0.39 is 10.1 Å². The van der Waals surface area contributed by atoms with E-state index in [9.17, 15) is 8.42 Å². The van der Waals surface area contributed by atoms with E-state index in [1.165, 1.54) is 56.2 Å². The first-order chi connectivity index (χ1) is 13.5. The van der Waals surface area contributed by atoms with Gasteiger partial charge >= 0.3 is 0 Å². The van der Waals surface area contributed by atoms with E-state index in [4.69, 9.17) is 4.18 Å². The highest BCUT2D eigenvalue weighted by molar-refractivity contribution is 14.1. The largest absolute Gasteiger partial charge is 0.313 e. The molecule has 0 N–H and O–H groups in total. The van der Waals surface area contributed by atoms with Crippen LogP contribution in [0.15, 0.2) is 29.2 Å². The van der Waals surface area contributed by atoms with Crippen molar-refractivity contribution in [2.24, 2.45) is 0 Å². The van der Waals surface area contributed by atoms with Gasteiger partial charge in [-0.3, -0.25) is 4.18 Å². The second-order valence-corrected chi connectivity index (χ2v) is 10.0. The maximum absolute atomic E-state index is 12.1. The van der Waals surface area contributed by atoms with Crippen molar-refractivity contribution >= 4 is 32.7 Å². The average molecular weight is 518 g/mol. The maximum Gasteiger partial charge on any atom is 0.296 e. The number of benzene rings is 1. The zero-order valence-electron chi connectivity index (χ0n) is 17.0. The number of unbranched alkanes of at least 4 members (excludes halogenated alkanes) is 5. The number of nitrogens with zero attached hydrogens (tertiary/aromatic N) is 1. The molecule has 1 fully saturated rings. The highest BCUT2D eigenvalue weighted by Gasteiger charge is 2.30. The second-order valence-electron chi connectivity index (χ2n) is 7.86. The second kappa shape index (κ2) is 12.2. The molecule has 1 aliphatic rings. The van der Waals surface area contributed by atoms with Gasteiger partial charge in [0.1, 0.15) is 6.54 Å². The number of aryl methyl sites for hydroxylation is 1. The van der Waals surface area contributed by atoms with Gasteiger partial charge in [-0.25, -0.2) is 0 Å². The summed E-state index contributed by atoms with van der Waals surface area (Å²) < 4.78 is 33.6. The third-order valence-electron chi connectivity index (χ3n) is 5.57. The van der Waals surface area contributed by atoms with Crippen molar-refractivity contribution in [3.05, 3.63) is 29.8 Å². The van der Waals surface area contributed by atoms with Crippen molar-refractivity contribution in [2.75, 3.05) is 32.8 Å². The van der Waals surface area contributed by atoms with Crippen LogP contribution in [0.2, 0.25) is 0 Å². The number of likely N-dealkylation sites (tertiary alicyclic amines) is 1. The van der Waals surface area contributed by atoms with Gasteiger partial charge in [-0.05, 0) is 48.2 Å². The lowest BCUT2D eigenvalue weighted by molar-refractivity contribution is -0.910. The lowest BCUT2D eigenvalue weighted by atomic mass is 10.1. The summed E-state index contributed by atoms with van der Waals surface area (Å²) in [5, 5.41) is 0. The monoisotopic (exact) mass is 518 g/mol. The molecule has 0 amide bonds. The fourth-order valence-electron chi connectivity index (χ4n) is 3.86. The predicted octanol–water partition coefficient (Wildman–Crippen LogP) is 5.05. The number of hydrogen-bond acceptors (Lipinski definition) is 3. The molecule has 4 nitrogen and oxygen atoms in total. The Bertz CT molecular complexity index is 744. The first-order valence-corrected chi connectivity index (χ1v) is 12.9. The van der Waals surface area contributed by atoms with Crippen LogP contribution in [0.5, 0.6) is 0 Å². The summed E-state index contributed by atoms with van der Waals surface area (Å²) in [6.07, 6.45) is 9.36. The Morgan fingerprint density at radius 3 is 2.25 bits per heavy atom. The van der Waals surface area contributed by atoms with Crippen LogP contribution in [0, 0.1) is 16.8 Å². The molecule has 28 heavy (non-hydrogen) atoms. The number of rotatable bonds is 12. The standard InChI is InChI=1S/C22H33INO3S/c1-21-11-13-22(14-12-21)28(25,26)27-20-9-5-3-2-4-6-16-24(19-10-15-23)17-7-8-18-24/h11-14H,2-9,16-20H2,1H3/q+1. The van der Waals surface area contributed by atoms with E-state index in [0.29, 0.717) is 0 Å². The molecule has 0 spiro atoms. The Labute approximate surface area is 184 Å². The summed E-state index contributed by atoms with van der Waals surface area (Å²) >= 11 is 2.14. The Hall–Kier alpha value is -0.620. The normalized spacial score (nSPS) is 15.9. The third-order valence-corrected chi connectivity index (χ3v) is 7.28. The maximum atomic E-state index is 12.1. The molecule has 0 bridgehead atoms. The van der Waals surface area contributed by atoms with Crippen LogP contribution in [-0.4, -0.2) is 45.7 Å². The van der Waals surface area contributed by atoms with E-state index in [2.05, 4.69) is 32.4 Å². The van der Waals surface area contributed by atoms with Gasteiger partial charge in [0.05, 0.1) is 31.1 Å². The van der Waals surface area contributed by atoms with Gasteiger partial charge in [0.25, 0.3) is 10.1 Å². The van der Waals surface area contributed by atoms with Gasteiger partial charge in [0, 0.05) is 35.4 Å². The van der Waals surface area contributed by atoms with Crippen LogP contribution in [-0.2, 0) is 14.3 Å². The van der Waals surface area contributed by atoms with Crippen LogP contribution >= 0.6 is 22.6 Å². The van der Waals surface area contributed by atoms with Crippen molar-refractivity contribution in [1.82, 2.24) is 0 Å². The number of quaternary nitrogens is 1. The Morgan fingerprint density at radius 1 is 1.00 bits per heavy atom. The first kappa shape index (κ1) is 23.7. The molecular formula is C22H33INO3S+. The van der Waals surface area contributed by atoms with Crippen LogP contribution in [0.4, 0.5) is 0 Å². The Morgan fingerprint density at radius 2 is 1.61 bits per heavy atom. The van der Waals surface area contributed by atoms with Gasteiger partial charge < -0.3 is 4.48 Å². The molecule has 0 saturated carbocycles. The molecule has 2 rings (SSSR count). The molecule has 1 saturated heterocycles. The molecule has 0 aliphatic carbocycles. The minimum absolute atomic E-state index is 0.240. The van der Waals surface area contributed by atoms with Gasteiger partial charge in [-0.1, -0.05) is 37.0 Å². The van der Waals surface area contributed by atoms with E-state index in [1.807, 2.05) is 6.92 Å². The van der Waals surface area contributed by atoms with Crippen molar-refractivity contribution in [1.29, 1.82) is 0 Å². The molecule has 1 aliphatic heterocycles.